The molecule has 0 unspecified atom stereocenters. The highest BCUT2D eigenvalue weighted by Gasteiger charge is 2.23. The number of nitrogens with one attached hydrogen (secondary N) is 1. The van der Waals surface area contributed by atoms with Crippen molar-refractivity contribution in [2.45, 2.75) is 6.61 Å². The van der Waals surface area contributed by atoms with Gasteiger partial charge in [0.15, 0.2) is 5.17 Å². The maximum absolute atomic E-state index is 12.3. The third-order valence-corrected chi connectivity index (χ3v) is 6.20. The van der Waals surface area contributed by atoms with Crippen molar-refractivity contribution in [3.63, 3.8) is 0 Å². The predicted octanol–water partition coefficient (Wildman–Crippen LogP) is 7.12. The fourth-order valence-electron chi connectivity index (χ4n) is 2.75. The molecule has 0 atom stereocenters. The Balaban J connectivity index is 1.42. The van der Waals surface area contributed by atoms with Crippen LogP contribution in [0.3, 0.4) is 0 Å². The molecule has 3 aromatic rings. The molecule has 1 heterocycles. The summed E-state index contributed by atoms with van der Waals surface area (Å²) in [7, 11) is 0. The van der Waals surface area contributed by atoms with Crippen molar-refractivity contribution in [2.24, 2.45) is 4.99 Å². The van der Waals surface area contributed by atoms with Crippen LogP contribution in [0.15, 0.2) is 76.6 Å². The SMILES string of the molecule is O=C1NC(=Nc2ccc(Cl)cc2)S/C1=C\c1ccc(OCc2c(Cl)cccc2Cl)cc1. The summed E-state index contributed by atoms with van der Waals surface area (Å²) >= 11 is 19.5. The van der Waals surface area contributed by atoms with E-state index in [4.69, 9.17) is 39.5 Å². The smallest absolute Gasteiger partial charge is 0.264 e. The number of amides is 1. The zero-order chi connectivity index (χ0) is 21.8. The molecule has 1 aliphatic heterocycles. The molecule has 0 aromatic heterocycles. The van der Waals surface area contributed by atoms with Crippen LogP contribution in [0.1, 0.15) is 11.1 Å². The van der Waals surface area contributed by atoms with Crippen molar-refractivity contribution in [3.8, 4) is 5.75 Å². The van der Waals surface area contributed by atoms with Crippen LogP contribution in [0.2, 0.25) is 15.1 Å². The van der Waals surface area contributed by atoms with Gasteiger partial charge in [-0.1, -0.05) is 53.0 Å². The van der Waals surface area contributed by atoms with Gasteiger partial charge >= 0.3 is 0 Å². The van der Waals surface area contributed by atoms with Gasteiger partial charge in [0, 0.05) is 20.6 Å². The van der Waals surface area contributed by atoms with Crippen LogP contribution in [0, 0.1) is 0 Å². The Labute approximate surface area is 198 Å². The highest BCUT2D eigenvalue weighted by Crippen LogP contribution is 2.29. The van der Waals surface area contributed by atoms with Gasteiger partial charge in [-0.3, -0.25) is 4.79 Å². The first-order valence-electron chi connectivity index (χ1n) is 9.19. The molecule has 0 radical (unpaired) electrons. The number of benzene rings is 3. The fourth-order valence-corrected chi connectivity index (χ4v) is 4.23. The zero-order valence-corrected chi connectivity index (χ0v) is 19.0. The van der Waals surface area contributed by atoms with Crippen LogP contribution in [0.4, 0.5) is 5.69 Å². The summed E-state index contributed by atoms with van der Waals surface area (Å²) in [6, 6.07) is 19.8. The summed E-state index contributed by atoms with van der Waals surface area (Å²) in [5.41, 5.74) is 2.32. The summed E-state index contributed by atoms with van der Waals surface area (Å²) in [4.78, 5) is 17.3. The largest absolute Gasteiger partial charge is 0.489 e. The summed E-state index contributed by atoms with van der Waals surface area (Å²) in [6.07, 6.45) is 1.80. The molecular formula is C23H15Cl3N2O2S. The van der Waals surface area contributed by atoms with Crippen molar-refractivity contribution < 1.29 is 9.53 Å². The van der Waals surface area contributed by atoms with Crippen LogP contribution in [0.25, 0.3) is 6.08 Å². The van der Waals surface area contributed by atoms with Crippen molar-refractivity contribution in [3.05, 3.63) is 97.8 Å². The van der Waals surface area contributed by atoms with E-state index < -0.39 is 0 Å². The van der Waals surface area contributed by atoms with Crippen LogP contribution < -0.4 is 10.1 Å². The predicted molar refractivity (Wildman–Crippen MR) is 129 cm³/mol. The van der Waals surface area contributed by atoms with Crippen molar-refractivity contribution in [1.29, 1.82) is 0 Å². The van der Waals surface area contributed by atoms with Gasteiger partial charge in [0.2, 0.25) is 0 Å². The summed E-state index contributed by atoms with van der Waals surface area (Å²) in [6.45, 7) is 0.266. The maximum Gasteiger partial charge on any atom is 0.264 e. The zero-order valence-electron chi connectivity index (χ0n) is 15.9. The van der Waals surface area contributed by atoms with E-state index in [-0.39, 0.29) is 12.5 Å². The Morgan fingerprint density at radius 3 is 2.29 bits per heavy atom. The molecule has 8 heteroatoms. The average Bonchev–Trinajstić information content (AvgIpc) is 3.09. The van der Waals surface area contributed by atoms with Gasteiger partial charge < -0.3 is 10.1 Å². The number of ether oxygens (including phenoxy) is 1. The number of aliphatic imine (C=N–C) groups is 1. The Morgan fingerprint density at radius 1 is 0.935 bits per heavy atom. The first kappa shape index (κ1) is 21.8. The second-order valence-electron chi connectivity index (χ2n) is 6.52. The lowest BCUT2D eigenvalue weighted by molar-refractivity contribution is -0.115. The molecule has 31 heavy (non-hydrogen) atoms. The standard InChI is InChI=1S/C23H15Cl3N2O2S/c24-15-6-8-16(9-7-15)27-23-28-22(29)21(31-23)12-14-4-10-17(11-5-14)30-13-18-19(25)2-1-3-20(18)26/h1-12H,13H2,(H,27,28,29)/b21-12-. The number of amidine groups is 1. The molecule has 4 nitrogen and oxygen atoms in total. The summed E-state index contributed by atoms with van der Waals surface area (Å²) in [5, 5.41) is 5.06. The number of carbonyl (C=O) groups excluding carboxylic acids is 1. The first-order chi connectivity index (χ1) is 15.0. The topological polar surface area (TPSA) is 50.7 Å². The maximum atomic E-state index is 12.3. The minimum absolute atomic E-state index is 0.189. The summed E-state index contributed by atoms with van der Waals surface area (Å²) < 4.78 is 5.79. The highest BCUT2D eigenvalue weighted by atomic mass is 35.5. The molecule has 0 saturated carbocycles. The van der Waals surface area contributed by atoms with Crippen LogP contribution in [-0.4, -0.2) is 11.1 Å². The molecule has 4 rings (SSSR count). The monoisotopic (exact) mass is 488 g/mol. The van der Waals surface area contributed by atoms with E-state index in [1.807, 2.05) is 24.3 Å². The lowest BCUT2D eigenvalue weighted by Gasteiger charge is -2.09. The number of halogens is 3. The van der Waals surface area contributed by atoms with E-state index in [1.54, 1.807) is 48.5 Å². The van der Waals surface area contributed by atoms with Gasteiger partial charge in [0.1, 0.15) is 12.4 Å². The van der Waals surface area contributed by atoms with Crippen LogP contribution in [-0.2, 0) is 11.4 Å². The molecule has 1 aliphatic rings. The lowest BCUT2D eigenvalue weighted by atomic mass is 10.2. The second-order valence-corrected chi connectivity index (χ2v) is 8.80. The van der Waals surface area contributed by atoms with Crippen molar-refractivity contribution >= 4 is 69.4 Å². The Bertz CT molecular complexity index is 1160. The molecular weight excluding hydrogens is 475 g/mol. The van der Waals surface area contributed by atoms with E-state index >= 15 is 0 Å². The van der Waals surface area contributed by atoms with Gasteiger partial charge in [-0.05, 0) is 71.9 Å². The third-order valence-electron chi connectivity index (χ3n) is 4.33. The molecule has 1 fully saturated rings. The van der Waals surface area contributed by atoms with E-state index in [0.29, 0.717) is 36.6 Å². The molecule has 0 aliphatic carbocycles. The molecule has 0 bridgehead atoms. The normalized spacial score (nSPS) is 16.0. The van der Waals surface area contributed by atoms with Crippen LogP contribution in [0.5, 0.6) is 5.75 Å². The second kappa shape index (κ2) is 9.79. The van der Waals surface area contributed by atoms with E-state index in [0.717, 1.165) is 11.1 Å². The number of hydrogen-bond acceptors (Lipinski definition) is 4. The third kappa shape index (κ3) is 5.63. The molecule has 1 saturated heterocycles. The van der Waals surface area contributed by atoms with E-state index in [9.17, 15) is 4.79 Å². The quantitative estimate of drug-likeness (QED) is 0.388. The Morgan fingerprint density at radius 2 is 1.61 bits per heavy atom. The Kier molecular flexibility index (Phi) is 6.88. The number of carbonyl (C=O) groups is 1. The number of thioether (sulfide) groups is 1. The summed E-state index contributed by atoms with van der Waals surface area (Å²) in [5.74, 6) is 0.484. The molecule has 1 amide bonds. The minimum atomic E-state index is -0.189. The molecule has 156 valence electrons. The van der Waals surface area contributed by atoms with Crippen molar-refractivity contribution in [2.75, 3.05) is 0 Å². The van der Waals surface area contributed by atoms with Crippen LogP contribution >= 0.6 is 46.6 Å². The highest BCUT2D eigenvalue weighted by molar-refractivity contribution is 8.18. The Hall–Kier alpha value is -2.44. The molecule has 0 spiro atoms. The molecule has 3 aromatic carbocycles. The van der Waals surface area contributed by atoms with Crippen molar-refractivity contribution in [1.82, 2.24) is 5.32 Å². The number of hydrogen-bond donors (Lipinski definition) is 1. The fraction of sp³-hybridized carbons (Fsp3) is 0.0435. The van der Waals surface area contributed by atoms with Gasteiger partial charge in [-0.15, -0.1) is 0 Å². The number of nitrogens with zero attached hydrogens (tertiary/aromatic N) is 1. The van der Waals surface area contributed by atoms with Gasteiger partial charge in [-0.25, -0.2) is 4.99 Å². The van der Waals surface area contributed by atoms with Gasteiger partial charge in [0.25, 0.3) is 5.91 Å². The average molecular weight is 490 g/mol. The molecule has 1 N–H and O–H groups in total. The number of rotatable bonds is 5. The van der Waals surface area contributed by atoms with Gasteiger partial charge in [-0.2, -0.15) is 0 Å². The van der Waals surface area contributed by atoms with Gasteiger partial charge in [0.05, 0.1) is 10.6 Å². The lowest BCUT2D eigenvalue weighted by Crippen LogP contribution is -2.19. The first-order valence-corrected chi connectivity index (χ1v) is 11.1. The van der Waals surface area contributed by atoms with E-state index in [1.165, 1.54) is 11.8 Å². The minimum Gasteiger partial charge on any atom is -0.489 e. The van der Waals surface area contributed by atoms with E-state index in [2.05, 4.69) is 10.3 Å².